The molecule has 0 saturated heterocycles. The smallest absolute Gasteiger partial charge is 0.286 e. The molecule has 30 heavy (non-hydrogen) atoms. The van der Waals surface area contributed by atoms with Gasteiger partial charge >= 0.3 is 0 Å². The van der Waals surface area contributed by atoms with E-state index in [0.717, 1.165) is 27.8 Å². The predicted octanol–water partition coefficient (Wildman–Crippen LogP) is 5.34. The molecular weight excluding hydrogens is 394 g/mol. The number of thioether (sulfide) groups is 1. The molecule has 0 bridgehead atoms. The largest absolute Gasteiger partial charge is 0.287 e. The molecule has 0 aliphatic carbocycles. The van der Waals surface area contributed by atoms with Crippen LogP contribution in [0.5, 0.6) is 0 Å². The Labute approximate surface area is 179 Å². The topological polar surface area (TPSA) is 60.2 Å². The molecule has 0 radical (unpaired) electrons. The van der Waals surface area contributed by atoms with Crippen molar-refractivity contribution in [3.05, 3.63) is 105 Å². The lowest BCUT2D eigenvalue weighted by Crippen LogP contribution is -1.93. The standard InChI is InChI=1S/C25H17NO3S/c1-18-3-5-20(6-4-18)7-8-22-10-14-23(25(17-22)26(28)29)13-9-21-11-15-24(16-12-21)30-19(2)27/h3-6,10-12,14-17H,1-2H3. The Kier molecular flexibility index (Phi) is 6.70. The van der Waals surface area contributed by atoms with Crippen molar-refractivity contribution in [2.75, 3.05) is 0 Å². The number of hydrogen-bond acceptors (Lipinski definition) is 4. The van der Waals surface area contributed by atoms with Gasteiger partial charge in [-0.05, 0) is 55.5 Å². The van der Waals surface area contributed by atoms with Crippen LogP contribution in [-0.2, 0) is 4.79 Å². The highest BCUT2D eigenvalue weighted by Crippen LogP contribution is 2.21. The fourth-order valence-electron chi connectivity index (χ4n) is 2.56. The van der Waals surface area contributed by atoms with E-state index in [1.807, 2.05) is 31.2 Å². The zero-order valence-corrected chi connectivity index (χ0v) is 17.2. The number of hydrogen-bond donors (Lipinski definition) is 0. The molecule has 0 heterocycles. The molecule has 0 unspecified atom stereocenters. The molecule has 5 heteroatoms. The third-order valence-corrected chi connectivity index (χ3v) is 4.85. The second-order valence-electron chi connectivity index (χ2n) is 6.47. The summed E-state index contributed by atoms with van der Waals surface area (Å²) in [5.74, 6) is 11.8. The molecular formula is C25H17NO3S. The Balaban J connectivity index is 1.85. The fraction of sp³-hybridized carbons (Fsp3) is 0.0800. The van der Waals surface area contributed by atoms with Crippen molar-refractivity contribution in [3.8, 4) is 23.7 Å². The number of aryl methyl sites for hydroxylation is 1. The summed E-state index contributed by atoms with van der Waals surface area (Å²) in [6, 6.07) is 19.7. The van der Waals surface area contributed by atoms with Crippen LogP contribution in [0.2, 0.25) is 0 Å². The third-order valence-electron chi connectivity index (χ3n) is 4.05. The Hall–Kier alpha value is -3.80. The molecule has 0 fully saturated rings. The number of nitro groups is 1. The van der Waals surface area contributed by atoms with Crippen molar-refractivity contribution in [1.29, 1.82) is 0 Å². The molecule has 146 valence electrons. The van der Waals surface area contributed by atoms with Crippen LogP contribution in [0.3, 0.4) is 0 Å². The van der Waals surface area contributed by atoms with Crippen molar-refractivity contribution >= 4 is 22.6 Å². The summed E-state index contributed by atoms with van der Waals surface area (Å²) >= 11 is 1.14. The molecule has 0 amide bonds. The van der Waals surface area contributed by atoms with Gasteiger partial charge in [0.15, 0.2) is 5.12 Å². The molecule has 0 saturated carbocycles. The van der Waals surface area contributed by atoms with Gasteiger partial charge < -0.3 is 0 Å². The van der Waals surface area contributed by atoms with E-state index in [9.17, 15) is 14.9 Å². The molecule has 0 aromatic heterocycles. The average Bonchev–Trinajstić information content (AvgIpc) is 2.72. The van der Waals surface area contributed by atoms with Crippen molar-refractivity contribution in [2.24, 2.45) is 0 Å². The number of carbonyl (C=O) groups excluding carboxylic acids is 1. The van der Waals surface area contributed by atoms with Crippen LogP contribution in [0.15, 0.2) is 71.6 Å². The summed E-state index contributed by atoms with van der Waals surface area (Å²) in [6.07, 6.45) is 0. The Morgan fingerprint density at radius 1 is 0.833 bits per heavy atom. The monoisotopic (exact) mass is 411 g/mol. The van der Waals surface area contributed by atoms with Crippen molar-refractivity contribution in [1.82, 2.24) is 0 Å². The molecule has 0 N–H and O–H groups in total. The van der Waals surface area contributed by atoms with E-state index in [1.165, 1.54) is 13.0 Å². The number of benzene rings is 3. The fourth-order valence-corrected chi connectivity index (χ4v) is 3.16. The molecule has 3 aromatic rings. The average molecular weight is 411 g/mol. The first kappa shape index (κ1) is 20.9. The molecule has 3 rings (SSSR count). The van der Waals surface area contributed by atoms with Gasteiger partial charge in [0.05, 0.1) is 4.92 Å². The van der Waals surface area contributed by atoms with Gasteiger partial charge in [-0.2, -0.15) is 0 Å². The van der Waals surface area contributed by atoms with Gasteiger partial charge in [-0.25, -0.2) is 0 Å². The summed E-state index contributed by atoms with van der Waals surface area (Å²) in [6.45, 7) is 3.51. The maximum absolute atomic E-state index is 11.5. The van der Waals surface area contributed by atoms with Crippen molar-refractivity contribution in [2.45, 2.75) is 18.7 Å². The van der Waals surface area contributed by atoms with Gasteiger partial charge in [0.2, 0.25) is 0 Å². The summed E-state index contributed by atoms with van der Waals surface area (Å²) in [4.78, 5) is 23.0. The lowest BCUT2D eigenvalue weighted by Gasteiger charge is -1.98. The summed E-state index contributed by atoms with van der Waals surface area (Å²) in [5, 5.41) is 11.5. The zero-order chi connectivity index (χ0) is 21.5. The Bertz CT molecular complexity index is 1220. The number of rotatable bonds is 2. The Morgan fingerprint density at radius 2 is 1.37 bits per heavy atom. The first-order valence-electron chi connectivity index (χ1n) is 9.08. The van der Waals surface area contributed by atoms with Gasteiger partial charge in [-0.1, -0.05) is 53.1 Å². The van der Waals surface area contributed by atoms with E-state index in [2.05, 4.69) is 23.7 Å². The van der Waals surface area contributed by atoms with Gasteiger partial charge in [-0.3, -0.25) is 14.9 Å². The van der Waals surface area contributed by atoms with E-state index in [-0.39, 0.29) is 10.8 Å². The minimum absolute atomic E-state index is 0.00928. The first-order valence-corrected chi connectivity index (χ1v) is 9.90. The van der Waals surface area contributed by atoms with Crippen LogP contribution in [0, 0.1) is 40.7 Å². The second kappa shape index (κ2) is 9.60. The quantitative estimate of drug-likeness (QED) is 0.247. The lowest BCUT2D eigenvalue weighted by molar-refractivity contribution is -0.385. The molecule has 3 aromatic carbocycles. The molecule has 4 nitrogen and oxygen atoms in total. The zero-order valence-electron chi connectivity index (χ0n) is 16.4. The van der Waals surface area contributed by atoms with Gasteiger partial charge in [0.1, 0.15) is 5.56 Å². The number of nitro benzene ring substituents is 1. The maximum Gasteiger partial charge on any atom is 0.286 e. The summed E-state index contributed by atoms with van der Waals surface area (Å²) in [7, 11) is 0. The summed E-state index contributed by atoms with van der Waals surface area (Å²) in [5.41, 5.74) is 3.49. The highest BCUT2D eigenvalue weighted by molar-refractivity contribution is 8.13. The van der Waals surface area contributed by atoms with E-state index < -0.39 is 4.92 Å². The van der Waals surface area contributed by atoms with E-state index >= 15 is 0 Å². The summed E-state index contributed by atoms with van der Waals surface area (Å²) < 4.78 is 0. The van der Waals surface area contributed by atoms with Crippen LogP contribution in [0.4, 0.5) is 5.69 Å². The van der Waals surface area contributed by atoms with E-state index in [0.29, 0.717) is 16.7 Å². The second-order valence-corrected chi connectivity index (χ2v) is 7.72. The van der Waals surface area contributed by atoms with Crippen LogP contribution < -0.4 is 0 Å². The molecule has 0 aliphatic rings. The van der Waals surface area contributed by atoms with Crippen LogP contribution in [-0.4, -0.2) is 10.0 Å². The highest BCUT2D eigenvalue weighted by atomic mass is 32.2. The molecule has 0 spiro atoms. The number of carbonyl (C=O) groups is 1. The predicted molar refractivity (Wildman–Crippen MR) is 119 cm³/mol. The van der Waals surface area contributed by atoms with Crippen LogP contribution in [0.1, 0.15) is 34.7 Å². The Morgan fingerprint density at radius 3 is 1.97 bits per heavy atom. The van der Waals surface area contributed by atoms with E-state index in [1.54, 1.807) is 36.4 Å². The van der Waals surface area contributed by atoms with Gasteiger partial charge in [0.25, 0.3) is 5.69 Å². The highest BCUT2D eigenvalue weighted by Gasteiger charge is 2.12. The van der Waals surface area contributed by atoms with Crippen molar-refractivity contribution < 1.29 is 9.72 Å². The lowest BCUT2D eigenvalue weighted by atomic mass is 10.1. The SMILES string of the molecule is CC(=O)Sc1ccc(C#Cc2ccc(C#Cc3ccc(C)cc3)cc2[N+](=O)[O-])cc1. The molecule has 0 aliphatic heterocycles. The van der Waals surface area contributed by atoms with Gasteiger partial charge in [-0.15, -0.1) is 0 Å². The minimum Gasteiger partial charge on any atom is -0.287 e. The number of nitrogens with zero attached hydrogens (tertiary/aromatic N) is 1. The third kappa shape index (κ3) is 5.85. The van der Waals surface area contributed by atoms with Crippen LogP contribution in [0.25, 0.3) is 0 Å². The van der Waals surface area contributed by atoms with E-state index in [4.69, 9.17) is 0 Å². The normalized spacial score (nSPS) is 9.67. The minimum atomic E-state index is -0.451. The van der Waals surface area contributed by atoms with Crippen molar-refractivity contribution in [3.63, 3.8) is 0 Å². The van der Waals surface area contributed by atoms with Gasteiger partial charge in [0, 0.05) is 34.6 Å². The maximum atomic E-state index is 11.5. The van der Waals surface area contributed by atoms with Crippen LogP contribution >= 0.6 is 11.8 Å². The first-order chi connectivity index (χ1) is 14.4. The molecule has 0 atom stereocenters.